The van der Waals surface area contributed by atoms with E-state index in [1.165, 1.54) is 0 Å². The molecule has 0 aromatic rings. The van der Waals surface area contributed by atoms with Gasteiger partial charge in [0.25, 0.3) is 0 Å². The van der Waals surface area contributed by atoms with Gasteiger partial charge in [-0.05, 0) is 12.3 Å². The summed E-state index contributed by atoms with van der Waals surface area (Å²) in [4.78, 5) is 0. The van der Waals surface area contributed by atoms with Gasteiger partial charge in [-0.2, -0.15) is 5.26 Å². The van der Waals surface area contributed by atoms with Crippen molar-refractivity contribution in [1.29, 1.82) is 5.26 Å². The van der Waals surface area contributed by atoms with Gasteiger partial charge < -0.3 is 5.73 Å². The number of hydrogen-bond donors (Lipinski definition) is 1. The maximum atomic E-state index is 8.20. The zero-order valence-corrected chi connectivity index (χ0v) is 5.89. The van der Waals surface area contributed by atoms with E-state index in [-0.39, 0.29) is 0 Å². The van der Waals surface area contributed by atoms with Gasteiger partial charge in [-0.3, -0.25) is 0 Å². The van der Waals surface area contributed by atoms with E-state index in [1.807, 2.05) is 6.07 Å². The second kappa shape index (κ2) is 3.96. The number of hydrogen-bond acceptors (Lipinski definition) is 2. The third kappa shape index (κ3) is 4.89. The third-order valence-corrected chi connectivity index (χ3v) is 0.938. The van der Waals surface area contributed by atoms with Gasteiger partial charge in [0.05, 0.1) is 0 Å². The van der Waals surface area contributed by atoms with Crippen molar-refractivity contribution in [2.45, 2.75) is 20.3 Å². The lowest BCUT2D eigenvalue weighted by molar-refractivity contribution is 0.662. The molecule has 50 valence electrons. The summed E-state index contributed by atoms with van der Waals surface area (Å²) < 4.78 is 0. The summed E-state index contributed by atoms with van der Waals surface area (Å²) in [5, 5.41) is 8.20. The first-order valence-corrected chi connectivity index (χ1v) is 3.02. The van der Waals surface area contributed by atoms with E-state index < -0.39 is 0 Å². The molecule has 0 aromatic heterocycles. The van der Waals surface area contributed by atoms with E-state index in [9.17, 15) is 0 Å². The van der Waals surface area contributed by atoms with Gasteiger partial charge in [0.1, 0.15) is 11.8 Å². The lowest BCUT2D eigenvalue weighted by Crippen LogP contribution is -1.94. The van der Waals surface area contributed by atoms with E-state index in [1.54, 1.807) is 6.08 Å². The number of nitriles is 1. The molecule has 2 N–H and O–H groups in total. The van der Waals surface area contributed by atoms with Gasteiger partial charge in [0, 0.05) is 0 Å². The Morgan fingerprint density at radius 2 is 2.33 bits per heavy atom. The fraction of sp³-hybridized carbons (Fsp3) is 0.571. The Morgan fingerprint density at radius 3 is 2.67 bits per heavy atom. The second-order valence-electron chi connectivity index (χ2n) is 2.40. The number of nitrogens with two attached hydrogens (primary N) is 1. The van der Waals surface area contributed by atoms with Crippen LogP contribution in [0.1, 0.15) is 20.3 Å². The van der Waals surface area contributed by atoms with Gasteiger partial charge in [-0.15, -0.1) is 0 Å². The maximum Gasteiger partial charge on any atom is 0.116 e. The highest BCUT2D eigenvalue weighted by Gasteiger charge is 1.89. The second-order valence-corrected chi connectivity index (χ2v) is 2.40. The van der Waals surface area contributed by atoms with Crippen LogP contribution in [-0.2, 0) is 0 Å². The molecule has 0 heterocycles. The minimum atomic E-state index is 0.323. The van der Waals surface area contributed by atoms with Crippen molar-refractivity contribution in [2.24, 2.45) is 11.7 Å². The summed E-state index contributed by atoms with van der Waals surface area (Å²) >= 11 is 0. The smallest absolute Gasteiger partial charge is 0.116 e. The SMILES string of the molecule is CC(C)C/C=C(/N)C#N. The van der Waals surface area contributed by atoms with Crippen LogP contribution in [0, 0.1) is 17.2 Å². The summed E-state index contributed by atoms with van der Waals surface area (Å²) in [6.07, 6.45) is 2.64. The minimum Gasteiger partial charge on any atom is -0.390 e. The van der Waals surface area contributed by atoms with Crippen LogP contribution in [0.2, 0.25) is 0 Å². The average Bonchev–Trinajstić information content (AvgIpc) is 1.83. The molecule has 0 radical (unpaired) electrons. The Morgan fingerprint density at radius 1 is 1.78 bits per heavy atom. The van der Waals surface area contributed by atoms with Crippen molar-refractivity contribution in [3.63, 3.8) is 0 Å². The van der Waals surface area contributed by atoms with Crippen LogP contribution in [0.15, 0.2) is 11.8 Å². The Balaban J connectivity index is 3.60. The maximum absolute atomic E-state index is 8.20. The van der Waals surface area contributed by atoms with Crippen LogP contribution in [0.25, 0.3) is 0 Å². The summed E-state index contributed by atoms with van der Waals surface area (Å²) in [5.41, 5.74) is 5.54. The van der Waals surface area contributed by atoms with Crippen molar-refractivity contribution in [1.82, 2.24) is 0 Å². The van der Waals surface area contributed by atoms with E-state index in [2.05, 4.69) is 13.8 Å². The van der Waals surface area contributed by atoms with Crippen molar-refractivity contribution in [3.8, 4) is 6.07 Å². The fourth-order valence-corrected chi connectivity index (χ4v) is 0.408. The molecule has 0 bridgehead atoms. The highest BCUT2D eigenvalue weighted by Crippen LogP contribution is 2.00. The molecule has 0 spiro atoms. The molecule has 0 unspecified atom stereocenters. The molecule has 0 aliphatic rings. The molecule has 0 atom stereocenters. The predicted molar refractivity (Wildman–Crippen MR) is 37.3 cm³/mol. The van der Waals surface area contributed by atoms with Crippen LogP contribution in [0.3, 0.4) is 0 Å². The number of nitrogens with zero attached hydrogens (tertiary/aromatic N) is 1. The van der Waals surface area contributed by atoms with Gasteiger partial charge in [-0.25, -0.2) is 0 Å². The normalized spacial score (nSPS) is 11.6. The fourth-order valence-electron chi connectivity index (χ4n) is 0.408. The minimum absolute atomic E-state index is 0.323. The van der Waals surface area contributed by atoms with Crippen LogP contribution in [-0.4, -0.2) is 0 Å². The Labute approximate surface area is 56.0 Å². The molecule has 0 aliphatic carbocycles. The molecule has 0 saturated carbocycles. The highest BCUT2D eigenvalue weighted by atomic mass is 14.6. The van der Waals surface area contributed by atoms with E-state index in [0.29, 0.717) is 11.6 Å². The zero-order valence-electron chi connectivity index (χ0n) is 5.89. The molecule has 0 rings (SSSR count). The molecule has 0 saturated heterocycles. The quantitative estimate of drug-likeness (QED) is 0.565. The standard InChI is InChI=1S/C7H12N2/c1-6(2)3-4-7(9)5-8/h4,6H,3,9H2,1-2H3/b7-4+. The van der Waals surface area contributed by atoms with Gasteiger partial charge >= 0.3 is 0 Å². The molecule has 0 aliphatic heterocycles. The Hall–Kier alpha value is -0.970. The molecule has 9 heavy (non-hydrogen) atoms. The largest absolute Gasteiger partial charge is 0.390 e. The van der Waals surface area contributed by atoms with E-state index >= 15 is 0 Å². The van der Waals surface area contributed by atoms with Gasteiger partial charge in [0.15, 0.2) is 0 Å². The molecular weight excluding hydrogens is 112 g/mol. The lowest BCUT2D eigenvalue weighted by atomic mass is 10.1. The summed E-state index contributed by atoms with van der Waals surface area (Å²) in [5.74, 6) is 0.580. The van der Waals surface area contributed by atoms with Crippen LogP contribution >= 0.6 is 0 Å². The zero-order chi connectivity index (χ0) is 7.28. The van der Waals surface area contributed by atoms with Crippen molar-refractivity contribution < 1.29 is 0 Å². The van der Waals surface area contributed by atoms with E-state index in [4.69, 9.17) is 11.0 Å². The van der Waals surface area contributed by atoms with Gasteiger partial charge in [0.2, 0.25) is 0 Å². The molecular formula is C7H12N2. The molecule has 2 heteroatoms. The van der Waals surface area contributed by atoms with Gasteiger partial charge in [-0.1, -0.05) is 19.9 Å². The Kier molecular flexibility index (Phi) is 3.54. The van der Waals surface area contributed by atoms with Crippen molar-refractivity contribution in [2.75, 3.05) is 0 Å². The number of rotatable bonds is 2. The van der Waals surface area contributed by atoms with Crippen molar-refractivity contribution in [3.05, 3.63) is 11.8 Å². The topological polar surface area (TPSA) is 49.8 Å². The van der Waals surface area contributed by atoms with Crippen molar-refractivity contribution >= 4 is 0 Å². The molecule has 0 fully saturated rings. The first kappa shape index (κ1) is 8.03. The number of allylic oxidation sites excluding steroid dienone is 2. The van der Waals surface area contributed by atoms with Crippen LogP contribution < -0.4 is 5.73 Å². The lowest BCUT2D eigenvalue weighted by Gasteiger charge is -1.95. The molecule has 0 amide bonds. The molecule has 0 aromatic carbocycles. The average molecular weight is 124 g/mol. The first-order chi connectivity index (χ1) is 4.16. The summed E-state index contributed by atoms with van der Waals surface area (Å²) in [7, 11) is 0. The first-order valence-electron chi connectivity index (χ1n) is 3.02. The predicted octanol–water partition coefficient (Wildman–Crippen LogP) is 1.40. The third-order valence-electron chi connectivity index (χ3n) is 0.938. The van der Waals surface area contributed by atoms with E-state index in [0.717, 1.165) is 6.42 Å². The Bertz CT molecular complexity index is 139. The molecule has 2 nitrogen and oxygen atoms in total. The highest BCUT2D eigenvalue weighted by molar-refractivity contribution is 5.15. The summed E-state index contributed by atoms with van der Waals surface area (Å²) in [6.45, 7) is 4.17. The van der Waals surface area contributed by atoms with Crippen LogP contribution in [0.4, 0.5) is 0 Å². The summed E-state index contributed by atoms with van der Waals surface area (Å²) in [6, 6.07) is 1.86. The monoisotopic (exact) mass is 124 g/mol. The van der Waals surface area contributed by atoms with Crippen LogP contribution in [0.5, 0.6) is 0 Å².